The number of rotatable bonds is 2. The molecule has 0 bridgehead atoms. The maximum Gasteiger partial charge on any atom is 0.337 e. The van der Waals surface area contributed by atoms with Crippen LogP contribution in [0.5, 0.6) is 0 Å². The number of aromatic carboxylic acids is 1. The van der Waals surface area contributed by atoms with E-state index in [-0.39, 0.29) is 17.2 Å². The first kappa shape index (κ1) is 10.1. The summed E-state index contributed by atoms with van der Waals surface area (Å²) in [6.07, 6.45) is 0. The van der Waals surface area contributed by atoms with Gasteiger partial charge >= 0.3 is 5.97 Å². The lowest BCUT2D eigenvalue weighted by Crippen LogP contribution is -2.04. The highest BCUT2D eigenvalue weighted by Crippen LogP contribution is 2.20. The van der Waals surface area contributed by atoms with Crippen molar-refractivity contribution in [3.63, 3.8) is 0 Å². The van der Waals surface area contributed by atoms with Crippen LogP contribution in [0.1, 0.15) is 28.8 Å². The number of carbonyl (C=O) groups is 1. The smallest absolute Gasteiger partial charge is 0.337 e. The molecule has 0 aliphatic carbocycles. The van der Waals surface area contributed by atoms with E-state index >= 15 is 0 Å². The molecule has 4 nitrogen and oxygen atoms in total. The lowest BCUT2D eigenvalue weighted by atomic mass is 9.99. The second-order valence-corrected chi connectivity index (χ2v) is 3.00. The van der Waals surface area contributed by atoms with Gasteiger partial charge in [-0.3, -0.25) is 0 Å². The number of hydrogen-bond acceptors (Lipinski definition) is 3. The van der Waals surface area contributed by atoms with Crippen molar-refractivity contribution in [3.8, 4) is 6.07 Å². The van der Waals surface area contributed by atoms with Gasteiger partial charge in [0.25, 0.3) is 0 Å². The molecule has 0 aliphatic heterocycles. The van der Waals surface area contributed by atoms with Crippen molar-refractivity contribution >= 4 is 11.7 Å². The molecule has 0 fully saturated rings. The number of nitriles is 1. The summed E-state index contributed by atoms with van der Waals surface area (Å²) in [6.45, 7) is 1.71. The number of nitrogens with zero attached hydrogens (tertiary/aromatic N) is 1. The van der Waals surface area contributed by atoms with E-state index in [1.165, 1.54) is 12.1 Å². The van der Waals surface area contributed by atoms with Gasteiger partial charge < -0.3 is 10.8 Å². The Morgan fingerprint density at radius 3 is 2.79 bits per heavy atom. The summed E-state index contributed by atoms with van der Waals surface area (Å²) >= 11 is 0. The van der Waals surface area contributed by atoms with Crippen molar-refractivity contribution in [1.29, 1.82) is 5.26 Å². The van der Waals surface area contributed by atoms with Crippen molar-refractivity contribution in [2.75, 3.05) is 5.73 Å². The minimum absolute atomic E-state index is 0.0459. The number of carboxylic acid groups (broad SMARTS) is 1. The largest absolute Gasteiger partial charge is 0.478 e. The van der Waals surface area contributed by atoms with Crippen LogP contribution in [-0.4, -0.2) is 11.1 Å². The third kappa shape index (κ3) is 1.83. The number of nitrogen functional groups attached to an aromatic ring is 1. The van der Waals surface area contributed by atoms with Crippen LogP contribution in [-0.2, 0) is 0 Å². The monoisotopic (exact) mass is 190 g/mol. The summed E-state index contributed by atoms with van der Waals surface area (Å²) in [7, 11) is 0. The average molecular weight is 190 g/mol. The zero-order chi connectivity index (χ0) is 10.7. The fraction of sp³-hybridized carbons (Fsp3) is 0.200. The molecular formula is C10H10N2O2. The number of benzene rings is 1. The average Bonchev–Trinajstić information content (AvgIpc) is 2.17. The van der Waals surface area contributed by atoms with Gasteiger partial charge in [-0.1, -0.05) is 6.07 Å². The molecule has 0 heterocycles. The van der Waals surface area contributed by atoms with E-state index in [0.717, 1.165) is 0 Å². The van der Waals surface area contributed by atoms with Crippen LogP contribution in [0, 0.1) is 11.3 Å². The quantitative estimate of drug-likeness (QED) is 0.693. The van der Waals surface area contributed by atoms with E-state index in [1.807, 2.05) is 6.07 Å². The number of nitrogens with two attached hydrogens (primary N) is 1. The SMILES string of the molecule is CC(C#N)c1ccc(N)c(C(=O)O)c1. The Bertz CT molecular complexity index is 407. The third-order valence-corrected chi connectivity index (χ3v) is 2.00. The fourth-order valence-corrected chi connectivity index (χ4v) is 1.10. The molecule has 1 atom stereocenters. The molecule has 0 aliphatic rings. The molecule has 0 saturated heterocycles. The van der Waals surface area contributed by atoms with Crippen molar-refractivity contribution in [2.24, 2.45) is 0 Å². The van der Waals surface area contributed by atoms with E-state index < -0.39 is 5.97 Å². The van der Waals surface area contributed by atoms with Gasteiger partial charge in [0.1, 0.15) is 0 Å². The molecule has 3 N–H and O–H groups in total. The van der Waals surface area contributed by atoms with Crippen molar-refractivity contribution < 1.29 is 9.90 Å². The Balaban J connectivity index is 3.21. The summed E-state index contributed by atoms with van der Waals surface area (Å²) in [5.41, 5.74) is 6.39. The van der Waals surface area contributed by atoms with E-state index in [1.54, 1.807) is 13.0 Å². The van der Waals surface area contributed by atoms with Crippen molar-refractivity contribution in [2.45, 2.75) is 12.8 Å². The normalized spacial score (nSPS) is 11.7. The molecule has 1 rings (SSSR count). The molecule has 0 spiro atoms. The highest BCUT2D eigenvalue weighted by Gasteiger charge is 2.11. The minimum Gasteiger partial charge on any atom is -0.478 e. The molecular weight excluding hydrogens is 180 g/mol. The van der Waals surface area contributed by atoms with Crippen LogP contribution in [0.3, 0.4) is 0 Å². The molecule has 1 aromatic carbocycles. The van der Waals surface area contributed by atoms with Gasteiger partial charge in [0.05, 0.1) is 17.6 Å². The molecule has 14 heavy (non-hydrogen) atoms. The number of anilines is 1. The predicted molar refractivity (Wildman–Crippen MR) is 51.8 cm³/mol. The highest BCUT2D eigenvalue weighted by atomic mass is 16.4. The first-order valence-electron chi connectivity index (χ1n) is 4.08. The number of hydrogen-bond donors (Lipinski definition) is 2. The Labute approximate surface area is 81.6 Å². The van der Waals surface area contributed by atoms with Gasteiger partial charge in [0.2, 0.25) is 0 Å². The number of carboxylic acids is 1. The zero-order valence-electron chi connectivity index (χ0n) is 7.69. The molecule has 0 saturated carbocycles. The maximum atomic E-state index is 10.7. The summed E-state index contributed by atoms with van der Waals surface area (Å²) < 4.78 is 0. The van der Waals surface area contributed by atoms with Gasteiger partial charge in [0.15, 0.2) is 0 Å². The predicted octanol–water partition coefficient (Wildman–Crippen LogP) is 1.59. The topological polar surface area (TPSA) is 87.1 Å². The lowest BCUT2D eigenvalue weighted by Gasteiger charge is -2.06. The molecule has 0 radical (unpaired) electrons. The summed E-state index contributed by atoms with van der Waals surface area (Å²) in [4.78, 5) is 10.7. The molecule has 0 aromatic heterocycles. The van der Waals surface area contributed by atoms with Crippen LogP contribution in [0.2, 0.25) is 0 Å². The Hall–Kier alpha value is -2.02. The summed E-state index contributed by atoms with van der Waals surface area (Å²) in [5, 5.41) is 17.4. The van der Waals surface area contributed by atoms with Crippen LogP contribution >= 0.6 is 0 Å². The van der Waals surface area contributed by atoms with Crippen LogP contribution < -0.4 is 5.73 Å². The van der Waals surface area contributed by atoms with Crippen LogP contribution in [0.4, 0.5) is 5.69 Å². The molecule has 1 unspecified atom stereocenters. The van der Waals surface area contributed by atoms with E-state index in [2.05, 4.69) is 0 Å². The van der Waals surface area contributed by atoms with Gasteiger partial charge in [-0.2, -0.15) is 5.26 Å². The zero-order valence-corrected chi connectivity index (χ0v) is 7.69. The van der Waals surface area contributed by atoms with Gasteiger partial charge in [-0.05, 0) is 24.6 Å². The summed E-state index contributed by atoms with van der Waals surface area (Å²) in [5.74, 6) is -1.40. The second-order valence-electron chi connectivity index (χ2n) is 3.00. The van der Waals surface area contributed by atoms with Crippen molar-refractivity contribution in [1.82, 2.24) is 0 Å². The highest BCUT2D eigenvalue weighted by molar-refractivity contribution is 5.93. The lowest BCUT2D eigenvalue weighted by molar-refractivity contribution is 0.0698. The Kier molecular flexibility index (Phi) is 2.73. The first-order chi connectivity index (χ1) is 6.56. The minimum atomic E-state index is -1.07. The Morgan fingerprint density at radius 2 is 2.29 bits per heavy atom. The first-order valence-corrected chi connectivity index (χ1v) is 4.08. The Morgan fingerprint density at radius 1 is 1.64 bits per heavy atom. The van der Waals surface area contributed by atoms with Gasteiger partial charge in [0, 0.05) is 5.69 Å². The molecule has 72 valence electrons. The van der Waals surface area contributed by atoms with E-state index in [4.69, 9.17) is 16.1 Å². The second kappa shape index (κ2) is 3.79. The van der Waals surface area contributed by atoms with Crippen molar-refractivity contribution in [3.05, 3.63) is 29.3 Å². The van der Waals surface area contributed by atoms with E-state index in [9.17, 15) is 4.79 Å². The maximum absolute atomic E-state index is 10.7. The standard InChI is InChI=1S/C10H10N2O2/c1-6(5-11)7-2-3-9(12)8(4-7)10(13)14/h2-4,6H,12H2,1H3,(H,13,14). The van der Waals surface area contributed by atoms with Gasteiger partial charge in [-0.15, -0.1) is 0 Å². The fourth-order valence-electron chi connectivity index (χ4n) is 1.10. The summed E-state index contributed by atoms with van der Waals surface area (Å²) in [6, 6.07) is 6.64. The van der Waals surface area contributed by atoms with Crippen LogP contribution in [0.15, 0.2) is 18.2 Å². The van der Waals surface area contributed by atoms with E-state index in [0.29, 0.717) is 5.56 Å². The van der Waals surface area contributed by atoms with Gasteiger partial charge in [-0.25, -0.2) is 4.79 Å². The molecule has 1 aromatic rings. The van der Waals surface area contributed by atoms with Crippen LogP contribution in [0.25, 0.3) is 0 Å². The third-order valence-electron chi connectivity index (χ3n) is 2.00. The molecule has 0 amide bonds. The molecule has 4 heteroatoms.